The monoisotopic (exact) mass is 205 g/mol. The smallest absolute Gasteiger partial charge is 0.273 e. The fourth-order valence-corrected chi connectivity index (χ4v) is 1.84. The van der Waals surface area contributed by atoms with Crippen LogP contribution in [-0.2, 0) is 24.8 Å². The van der Waals surface area contributed by atoms with E-state index in [1.165, 1.54) is 6.92 Å². The summed E-state index contributed by atoms with van der Waals surface area (Å²) in [5, 5.41) is 0. The normalized spacial score (nSPS) is 13.3. The summed E-state index contributed by atoms with van der Waals surface area (Å²) in [5.74, 6) is 0. The maximum Gasteiger partial charge on any atom is 0.350 e. The van der Waals surface area contributed by atoms with E-state index in [1.807, 2.05) is 0 Å². The summed E-state index contributed by atoms with van der Waals surface area (Å²) < 4.78 is 53.3. The Morgan fingerprint density at radius 3 is 2.09 bits per heavy atom. The van der Waals surface area contributed by atoms with Gasteiger partial charge in [-0.1, -0.05) is 4.13 Å². The molecule has 11 heavy (non-hydrogen) atoms. The summed E-state index contributed by atoms with van der Waals surface area (Å²) in [6, 6.07) is 0. The summed E-state index contributed by atoms with van der Waals surface area (Å²) >= 11 is 0. The largest absolute Gasteiger partial charge is 0.350 e. The summed E-state index contributed by atoms with van der Waals surface area (Å²) in [5.41, 5.74) is 0. The van der Waals surface area contributed by atoms with E-state index in [1.54, 1.807) is 0 Å². The maximum atomic E-state index is 10.4. The van der Waals surface area contributed by atoms with Crippen molar-refractivity contribution < 1.29 is 25.6 Å². The number of hydrogen-bond acceptors (Lipinski definition) is 5. The molecule has 0 unspecified atom stereocenters. The van der Waals surface area contributed by atoms with Crippen molar-refractivity contribution in [2.24, 2.45) is 0 Å². The van der Waals surface area contributed by atoms with Crippen molar-refractivity contribution in [3.8, 4) is 0 Å². The first-order valence-electron chi connectivity index (χ1n) is 2.42. The maximum absolute atomic E-state index is 10.4. The lowest BCUT2D eigenvalue weighted by Gasteiger charge is -2.00. The molecule has 0 fully saturated rings. The highest BCUT2D eigenvalue weighted by atomic mass is 32.3. The summed E-state index contributed by atoms with van der Waals surface area (Å²) in [7, 11) is -9.14. The third kappa shape index (κ3) is 6.19. The Kier molecular flexibility index (Phi) is 3.38. The molecule has 0 aromatic carbocycles. The van der Waals surface area contributed by atoms with E-state index in [4.69, 9.17) is 4.55 Å². The van der Waals surface area contributed by atoms with Crippen LogP contribution >= 0.6 is 0 Å². The third-order valence-corrected chi connectivity index (χ3v) is 2.69. The van der Waals surface area contributed by atoms with Crippen molar-refractivity contribution in [1.82, 2.24) is 4.13 Å². The molecule has 0 saturated carbocycles. The first-order valence-corrected chi connectivity index (χ1v) is 5.27. The van der Waals surface area contributed by atoms with Crippen molar-refractivity contribution in [3.63, 3.8) is 0 Å². The van der Waals surface area contributed by atoms with Gasteiger partial charge < -0.3 is 0 Å². The molecule has 9 heteroatoms. The van der Waals surface area contributed by atoms with E-state index >= 15 is 0 Å². The first-order chi connectivity index (χ1) is 4.77. The molecule has 0 aromatic heterocycles. The second-order valence-corrected chi connectivity index (χ2v) is 4.18. The lowest BCUT2D eigenvalue weighted by molar-refractivity contribution is 0.334. The number of nitrogens with one attached hydrogen (secondary N) is 1. The van der Waals surface area contributed by atoms with E-state index in [0.717, 1.165) is 4.13 Å². The van der Waals surface area contributed by atoms with Gasteiger partial charge in [0, 0.05) is 0 Å². The lowest BCUT2D eigenvalue weighted by atomic mass is 10.9. The summed E-state index contributed by atoms with van der Waals surface area (Å²) in [6.07, 6.45) is 0. The minimum atomic E-state index is -4.77. The fraction of sp³-hybridized carbons (Fsp3) is 1.00. The minimum absolute atomic E-state index is 0.217. The molecular weight excluding hydrogens is 198 g/mol. The number of rotatable bonds is 4. The molecule has 7 nitrogen and oxygen atoms in total. The summed E-state index contributed by atoms with van der Waals surface area (Å²) in [6.45, 7) is 1.13. The zero-order valence-corrected chi connectivity index (χ0v) is 7.15. The highest BCUT2D eigenvalue weighted by molar-refractivity contribution is 7.99. The van der Waals surface area contributed by atoms with Crippen LogP contribution in [-0.4, -0.2) is 28.0 Å². The zero-order chi connectivity index (χ0) is 9.12. The highest BCUT2D eigenvalue weighted by Crippen LogP contribution is 1.88. The molecule has 0 bridgehead atoms. The van der Waals surface area contributed by atoms with Gasteiger partial charge in [-0.05, 0) is 6.92 Å². The molecule has 0 atom stereocenters. The van der Waals surface area contributed by atoms with E-state index in [2.05, 4.69) is 4.18 Å². The Labute approximate surface area is 64.5 Å². The number of hydrogen-bond donors (Lipinski definition) is 2. The van der Waals surface area contributed by atoms with Crippen molar-refractivity contribution >= 4 is 20.6 Å². The Morgan fingerprint density at radius 2 is 1.82 bits per heavy atom. The van der Waals surface area contributed by atoms with Crippen LogP contribution in [0.4, 0.5) is 0 Å². The standard InChI is InChI=1S/C2H7NO6S2/c1-2-9-11(7,8)3-10(4,5)6/h3H,2H2,1H3,(H,4,5,6). The topological polar surface area (TPSA) is 110 Å². The Bertz CT molecular complexity index is 299. The second-order valence-electron chi connectivity index (χ2n) is 1.42. The van der Waals surface area contributed by atoms with Crippen molar-refractivity contribution in [2.75, 3.05) is 6.61 Å². The average Bonchev–Trinajstić information content (AvgIpc) is 1.55. The van der Waals surface area contributed by atoms with Crippen LogP contribution in [0.3, 0.4) is 0 Å². The predicted octanol–water partition coefficient (Wildman–Crippen LogP) is -1.34. The molecule has 0 aliphatic heterocycles. The molecule has 0 amide bonds. The van der Waals surface area contributed by atoms with E-state index in [0.29, 0.717) is 0 Å². The van der Waals surface area contributed by atoms with Gasteiger partial charge in [-0.2, -0.15) is 16.8 Å². The van der Waals surface area contributed by atoms with E-state index < -0.39 is 20.6 Å². The Morgan fingerprint density at radius 1 is 1.36 bits per heavy atom. The average molecular weight is 205 g/mol. The van der Waals surface area contributed by atoms with Gasteiger partial charge in [-0.15, -0.1) is 0 Å². The Balaban J connectivity index is 4.40. The van der Waals surface area contributed by atoms with Crippen molar-refractivity contribution in [3.05, 3.63) is 0 Å². The van der Waals surface area contributed by atoms with Crippen LogP contribution in [0.2, 0.25) is 0 Å². The summed E-state index contributed by atoms with van der Waals surface area (Å²) in [4.78, 5) is 0. The van der Waals surface area contributed by atoms with E-state index in [-0.39, 0.29) is 6.61 Å². The van der Waals surface area contributed by atoms with Gasteiger partial charge in [0.1, 0.15) is 0 Å². The minimum Gasteiger partial charge on any atom is -0.273 e. The molecule has 2 N–H and O–H groups in total. The second kappa shape index (κ2) is 3.45. The highest BCUT2D eigenvalue weighted by Gasteiger charge is 2.17. The van der Waals surface area contributed by atoms with Crippen LogP contribution in [0, 0.1) is 0 Å². The molecule has 0 saturated heterocycles. The van der Waals surface area contributed by atoms with Crippen LogP contribution < -0.4 is 4.13 Å². The first kappa shape index (κ1) is 10.8. The van der Waals surface area contributed by atoms with E-state index in [9.17, 15) is 16.8 Å². The molecular formula is C2H7NO6S2. The fourth-order valence-electron chi connectivity index (χ4n) is 0.308. The zero-order valence-electron chi connectivity index (χ0n) is 5.51. The van der Waals surface area contributed by atoms with Gasteiger partial charge >= 0.3 is 20.6 Å². The van der Waals surface area contributed by atoms with Crippen LogP contribution in [0.15, 0.2) is 0 Å². The van der Waals surface area contributed by atoms with Gasteiger partial charge in [0.15, 0.2) is 0 Å². The molecule has 0 rings (SSSR count). The quantitative estimate of drug-likeness (QED) is 0.550. The van der Waals surface area contributed by atoms with Gasteiger partial charge in [0.2, 0.25) is 0 Å². The van der Waals surface area contributed by atoms with Crippen LogP contribution in [0.25, 0.3) is 0 Å². The van der Waals surface area contributed by atoms with Crippen LogP contribution in [0.1, 0.15) is 6.92 Å². The molecule has 0 radical (unpaired) electrons. The molecule has 0 aliphatic rings. The molecule has 0 heterocycles. The van der Waals surface area contributed by atoms with Crippen molar-refractivity contribution in [2.45, 2.75) is 6.92 Å². The SMILES string of the molecule is CCOS(=O)(=O)NS(=O)(=O)O. The molecule has 0 aliphatic carbocycles. The lowest BCUT2D eigenvalue weighted by Crippen LogP contribution is -2.31. The third-order valence-electron chi connectivity index (χ3n) is 0.480. The van der Waals surface area contributed by atoms with Gasteiger partial charge in [-0.3, -0.25) is 8.74 Å². The van der Waals surface area contributed by atoms with Gasteiger partial charge in [0.25, 0.3) is 0 Å². The molecule has 0 spiro atoms. The Hall–Kier alpha value is -0.220. The molecule has 68 valence electrons. The van der Waals surface area contributed by atoms with Gasteiger partial charge in [0.05, 0.1) is 6.61 Å². The molecule has 0 aromatic rings. The predicted molar refractivity (Wildman–Crippen MR) is 35.2 cm³/mol. The van der Waals surface area contributed by atoms with Gasteiger partial charge in [-0.25, -0.2) is 0 Å². The van der Waals surface area contributed by atoms with Crippen molar-refractivity contribution in [1.29, 1.82) is 0 Å². The van der Waals surface area contributed by atoms with Crippen LogP contribution in [0.5, 0.6) is 0 Å².